The second-order valence-electron chi connectivity index (χ2n) is 5.49. The predicted molar refractivity (Wildman–Crippen MR) is 87.2 cm³/mol. The fraction of sp³-hybridized carbons (Fsp3) is 0.500. The van der Waals surface area contributed by atoms with Crippen LogP contribution in [0.3, 0.4) is 0 Å². The lowest BCUT2D eigenvalue weighted by Crippen LogP contribution is -2.27. The summed E-state index contributed by atoms with van der Waals surface area (Å²) in [5.74, 6) is -0.346. The average Bonchev–Trinajstić information content (AvgIpc) is 3.24. The van der Waals surface area contributed by atoms with E-state index in [2.05, 4.69) is 26.8 Å². The molecule has 0 bridgehead atoms. The van der Waals surface area contributed by atoms with Crippen molar-refractivity contribution in [1.82, 2.24) is 19.9 Å². The van der Waals surface area contributed by atoms with Crippen LogP contribution in [0.2, 0.25) is 0 Å². The summed E-state index contributed by atoms with van der Waals surface area (Å²) in [6.07, 6.45) is 7.37. The first-order valence-corrected chi connectivity index (χ1v) is 8.73. The highest BCUT2D eigenvalue weighted by Crippen LogP contribution is 2.39. The summed E-state index contributed by atoms with van der Waals surface area (Å²) < 4.78 is 5.02. The van der Waals surface area contributed by atoms with Gasteiger partial charge in [-0.05, 0) is 33.2 Å². The standard InChI is InChI=1S/C16H20N4O2S/c1-3-22-16(21)13-10-23-15(19-13)14-5-4-8-20(14)11(2)12-9-17-6-7-18-12/h6-7,9-11,14H,3-5,8H2,1-2H3/t11-,14+/m1/s1. The highest BCUT2D eigenvalue weighted by molar-refractivity contribution is 7.09. The van der Waals surface area contributed by atoms with Gasteiger partial charge in [0.2, 0.25) is 0 Å². The molecule has 1 aliphatic heterocycles. The van der Waals surface area contributed by atoms with Crippen molar-refractivity contribution in [2.45, 2.75) is 38.8 Å². The van der Waals surface area contributed by atoms with Crippen molar-refractivity contribution in [3.8, 4) is 0 Å². The summed E-state index contributed by atoms with van der Waals surface area (Å²) in [5.41, 5.74) is 1.37. The molecule has 0 amide bonds. The van der Waals surface area contributed by atoms with Crippen LogP contribution in [0.15, 0.2) is 24.0 Å². The third-order valence-corrected chi connectivity index (χ3v) is 5.04. The third kappa shape index (κ3) is 3.40. The maximum Gasteiger partial charge on any atom is 0.357 e. The number of esters is 1. The molecule has 0 radical (unpaired) electrons. The Labute approximate surface area is 139 Å². The Morgan fingerprint density at radius 1 is 1.52 bits per heavy atom. The van der Waals surface area contributed by atoms with Gasteiger partial charge in [0.1, 0.15) is 5.01 Å². The van der Waals surface area contributed by atoms with Gasteiger partial charge in [0.05, 0.1) is 24.4 Å². The smallest absolute Gasteiger partial charge is 0.357 e. The number of hydrogen-bond donors (Lipinski definition) is 0. The molecule has 7 heteroatoms. The molecule has 122 valence electrons. The van der Waals surface area contributed by atoms with Crippen molar-refractivity contribution in [2.75, 3.05) is 13.2 Å². The Bertz CT molecular complexity index is 661. The van der Waals surface area contributed by atoms with Gasteiger partial charge >= 0.3 is 5.97 Å². The van der Waals surface area contributed by atoms with Gasteiger partial charge in [0.25, 0.3) is 0 Å². The van der Waals surface area contributed by atoms with Gasteiger partial charge in [0, 0.05) is 24.0 Å². The molecule has 23 heavy (non-hydrogen) atoms. The number of rotatable bonds is 5. The minimum atomic E-state index is -0.346. The Morgan fingerprint density at radius 3 is 3.13 bits per heavy atom. The summed E-state index contributed by atoms with van der Waals surface area (Å²) in [5, 5.41) is 2.76. The molecular formula is C16H20N4O2S. The highest BCUT2D eigenvalue weighted by Gasteiger charge is 2.33. The normalized spacial score (nSPS) is 19.7. The minimum absolute atomic E-state index is 0.172. The number of hydrogen-bond acceptors (Lipinski definition) is 7. The molecule has 2 aromatic rings. The van der Waals surface area contributed by atoms with Crippen molar-refractivity contribution in [2.24, 2.45) is 0 Å². The van der Waals surface area contributed by atoms with E-state index in [0.717, 1.165) is 30.1 Å². The molecule has 0 N–H and O–H groups in total. The number of ether oxygens (including phenoxy) is 1. The molecular weight excluding hydrogens is 312 g/mol. The SMILES string of the molecule is CCOC(=O)c1csc([C@@H]2CCCN2[C@H](C)c2cnccn2)n1. The maximum atomic E-state index is 11.8. The number of aromatic nitrogens is 3. The molecule has 2 aromatic heterocycles. The summed E-state index contributed by atoms with van der Waals surface area (Å²) >= 11 is 1.53. The highest BCUT2D eigenvalue weighted by atomic mass is 32.1. The van der Waals surface area contributed by atoms with Gasteiger partial charge in [-0.15, -0.1) is 11.3 Å². The molecule has 0 aromatic carbocycles. The van der Waals surface area contributed by atoms with Gasteiger partial charge in [0.15, 0.2) is 5.69 Å². The molecule has 0 aliphatic carbocycles. The van der Waals surface area contributed by atoms with Crippen LogP contribution in [0.25, 0.3) is 0 Å². The van der Waals surface area contributed by atoms with Crippen molar-refractivity contribution in [1.29, 1.82) is 0 Å². The molecule has 0 saturated carbocycles. The first kappa shape index (κ1) is 16.0. The van der Waals surface area contributed by atoms with Crippen LogP contribution in [-0.4, -0.2) is 39.0 Å². The van der Waals surface area contributed by atoms with Crippen LogP contribution < -0.4 is 0 Å². The van der Waals surface area contributed by atoms with Crippen molar-refractivity contribution < 1.29 is 9.53 Å². The summed E-state index contributed by atoms with van der Waals surface area (Å²) in [6, 6.07) is 0.395. The molecule has 1 aliphatic rings. The Kier molecular flexibility index (Phi) is 4.97. The summed E-state index contributed by atoms with van der Waals surface area (Å²) in [4.78, 5) is 27.3. The fourth-order valence-corrected chi connectivity index (χ4v) is 3.90. The van der Waals surface area contributed by atoms with E-state index in [4.69, 9.17) is 4.74 Å². The topological polar surface area (TPSA) is 68.2 Å². The monoisotopic (exact) mass is 332 g/mol. The van der Waals surface area contributed by atoms with E-state index in [1.807, 2.05) is 6.20 Å². The molecule has 2 atom stereocenters. The fourth-order valence-electron chi connectivity index (χ4n) is 2.95. The van der Waals surface area contributed by atoms with Crippen LogP contribution in [0, 0.1) is 0 Å². The van der Waals surface area contributed by atoms with E-state index >= 15 is 0 Å². The van der Waals surface area contributed by atoms with Gasteiger partial charge < -0.3 is 4.74 Å². The number of likely N-dealkylation sites (tertiary alicyclic amines) is 1. The second-order valence-corrected chi connectivity index (χ2v) is 6.38. The van der Waals surface area contributed by atoms with Gasteiger partial charge in [-0.2, -0.15) is 0 Å². The van der Waals surface area contributed by atoms with E-state index < -0.39 is 0 Å². The molecule has 1 saturated heterocycles. The quantitative estimate of drug-likeness (QED) is 0.784. The molecule has 6 nitrogen and oxygen atoms in total. The van der Waals surface area contributed by atoms with Crippen LogP contribution in [0.1, 0.15) is 60.0 Å². The predicted octanol–water partition coefficient (Wildman–Crippen LogP) is 3.01. The van der Waals surface area contributed by atoms with Crippen LogP contribution in [0.4, 0.5) is 0 Å². The maximum absolute atomic E-state index is 11.8. The van der Waals surface area contributed by atoms with Crippen molar-refractivity contribution >= 4 is 17.3 Å². The molecule has 3 rings (SSSR count). The van der Waals surface area contributed by atoms with Crippen LogP contribution in [-0.2, 0) is 4.74 Å². The Morgan fingerprint density at radius 2 is 2.39 bits per heavy atom. The first-order chi connectivity index (χ1) is 11.2. The van der Waals surface area contributed by atoms with E-state index in [1.165, 1.54) is 11.3 Å². The zero-order valence-corrected chi connectivity index (χ0v) is 14.1. The second kappa shape index (κ2) is 7.14. The lowest BCUT2D eigenvalue weighted by molar-refractivity contribution is 0.0520. The Hall–Kier alpha value is -1.86. The number of nitrogens with zero attached hydrogens (tertiary/aromatic N) is 4. The number of thiazole rings is 1. The molecule has 3 heterocycles. The zero-order valence-electron chi connectivity index (χ0n) is 13.3. The van der Waals surface area contributed by atoms with Crippen LogP contribution >= 0.6 is 11.3 Å². The molecule has 1 fully saturated rings. The van der Waals surface area contributed by atoms with Crippen molar-refractivity contribution in [3.63, 3.8) is 0 Å². The van der Waals surface area contributed by atoms with Crippen LogP contribution in [0.5, 0.6) is 0 Å². The molecule has 0 spiro atoms. The number of carbonyl (C=O) groups is 1. The Balaban J connectivity index is 1.78. The average molecular weight is 332 g/mol. The lowest BCUT2D eigenvalue weighted by atomic mass is 10.1. The van der Waals surface area contributed by atoms with Crippen molar-refractivity contribution in [3.05, 3.63) is 40.4 Å². The largest absolute Gasteiger partial charge is 0.461 e. The number of carbonyl (C=O) groups excluding carboxylic acids is 1. The minimum Gasteiger partial charge on any atom is -0.461 e. The van der Waals surface area contributed by atoms with E-state index in [9.17, 15) is 4.79 Å². The third-order valence-electron chi connectivity index (χ3n) is 4.09. The summed E-state index contributed by atoms with van der Waals surface area (Å²) in [6.45, 7) is 5.30. The molecule has 0 unspecified atom stereocenters. The van der Waals surface area contributed by atoms with Gasteiger partial charge in [-0.1, -0.05) is 0 Å². The lowest BCUT2D eigenvalue weighted by Gasteiger charge is -2.28. The first-order valence-electron chi connectivity index (χ1n) is 7.85. The van der Waals surface area contributed by atoms with Gasteiger partial charge in [-0.25, -0.2) is 9.78 Å². The van der Waals surface area contributed by atoms with Gasteiger partial charge in [-0.3, -0.25) is 14.9 Å². The van der Waals surface area contributed by atoms with E-state index in [0.29, 0.717) is 12.3 Å². The van der Waals surface area contributed by atoms with E-state index in [-0.39, 0.29) is 18.1 Å². The zero-order chi connectivity index (χ0) is 16.2. The van der Waals surface area contributed by atoms with E-state index in [1.54, 1.807) is 24.7 Å². The summed E-state index contributed by atoms with van der Waals surface area (Å²) in [7, 11) is 0.